The van der Waals surface area contributed by atoms with Crippen molar-refractivity contribution in [1.29, 1.82) is 0 Å². The summed E-state index contributed by atoms with van der Waals surface area (Å²) < 4.78 is 0. The Morgan fingerprint density at radius 3 is 2.79 bits per heavy atom. The lowest BCUT2D eigenvalue weighted by molar-refractivity contribution is 0.170. The van der Waals surface area contributed by atoms with Gasteiger partial charge in [0.25, 0.3) is 0 Å². The lowest BCUT2D eigenvalue weighted by Crippen LogP contribution is -2.34. The minimum Gasteiger partial charge on any atom is -0.341 e. The van der Waals surface area contributed by atoms with Gasteiger partial charge in [-0.15, -0.1) is 0 Å². The average molecular weight is 258 g/mol. The van der Waals surface area contributed by atoms with Gasteiger partial charge in [-0.1, -0.05) is 12.1 Å². The Labute approximate surface area is 114 Å². The molecule has 0 unspecified atom stereocenters. The van der Waals surface area contributed by atoms with Crippen molar-refractivity contribution in [2.24, 2.45) is 11.7 Å². The normalized spacial score (nSPS) is 18.2. The number of para-hydroxylation sites is 2. The van der Waals surface area contributed by atoms with Gasteiger partial charge in [0.2, 0.25) is 0 Å². The fourth-order valence-electron chi connectivity index (χ4n) is 2.96. The number of hydrogen-bond donors (Lipinski definition) is 2. The van der Waals surface area contributed by atoms with E-state index in [9.17, 15) is 0 Å². The second-order valence-electron chi connectivity index (χ2n) is 5.50. The molecule has 0 bridgehead atoms. The monoisotopic (exact) mass is 258 g/mol. The largest absolute Gasteiger partial charge is 0.341 e. The molecule has 4 nitrogen and oxygen atoms in total. The summed E-state index contributed by atoms with van der Waals surface area (Å²) in [5.74, 6) is 1.91. The molecule has 0 spiro atoms. The molecular weight excluding hydrogens is 236 g/mol. The highest BCUT2D eigenvalue weighted by Crippen LogP contribution is 2.21. The molecule has 1 fully saturated rings. The van der Waals surface area contributed by atoms with Crippen LogP contribution in [0, 0.1) is 5.92 Å². The van der Waals surface area contributed by atoms with Crippen LogP contribution in [0.5, 0.6) is 0 Å². The highest BCUT2D eigenvalue weighted by molar-refractivity contribution is 5.74. The number of aromatic nitrogens is 2. The van der Waals surface area contributed by atoms with E-state index in [1.165, 1.54) is 32.4 Å². The summed E-state index contributed by atoms with van der Waals surface area (Å²) in [4.78, 5) is 10.5. The first-order valence-corrected chi connectivity index (χ1v) is 7.21. The molecule has 2 heterocycles. The molecule has 1 aliphatic heterocycles. The molecule has 1 aromatic heterocycles. The van der Waals surface area contributed by atoms with Gasteiger partial charge in [-0.25, -0.2) is 4.98 Å². The zero-order valence-electron chi connectivity index (χ0n) is 11.3. The average Bonchev–Trinajstić information content (AvgIpc) is 2.83. The molecule has 0 amide bonds. The zero-order valence-corrected chi connectivity index (χ0v) is 11.3. The van der Waals surface area contributed by atoms with Gasteiger partial charge in [-0.05, 0) is 56.9 Å². The third kappa shape index (κ3) is 2.96. The maximum absolute atomic E-state index is 5.63. The Morgan fingerprint density at radius 1 is 1.26 bits per heavy atom. The van der Waals surface area contributed by atoms with Crippen molar-refractivity contribution in [3.05, 3.63) is 30.1 Å². The molecule has 0 radical (unpaired) electrons. The van der Waals surface area contributed by atoms with E-state index >= 15 is 0 Å². The van der Waals surface area contributed by atoms with E-state index in [4.69, 9.17) is 5.73 Å². The van der Waals surface area contributed by atoms with Gasteiger partial charge >= 0.3 is 0 Å². The van der Waals surface area contributed by atoms with Crippen LogP contribution in [0.25, 0.3) is 11.0 Å². The Morgan fingerprint density at radius 2 is 2.05 bits per heavy atom. The third-order valence-electron chi connectivity index (χ3n) is 4.09. The number of nitrogens with two attached hydrogens (primary N) is 1. The SMILES string of the molecule is NCCC1CCN(Cc2nc3ccccc3[nH]2)CC1. The third-order valence-corrected chi connectivity index (χ3v) is 4.09. The molecule has 3 rings (SSSR count). The lowest BCUT2D eigenvalue weighted by atomic mass is 9.94. The molecule has 1 saturated heterocycles. The minimum absolute atomic E-state index is 0.828. The number of H-pyrrole nitrogens is 1. The van der Waals surface area contributed by atoms with E-state index < -0.39 is 0 Å². The number of fused-ring (bicyclic) bond motifs is 1. The Kier molecular flexibility index (Phi) is 3.80. The molecule has 0 saturated carbocycles. The molecule has 102 valence electrons. The molecular formula is C15H22N4. The van der Waals surface area contributed by atoms with E-state index in [0.717, 1.165) is 35.9 Å². The van der Waals surface area contributed by atoms with Crippen LogP contribution in [-0.4, -0.2) is 34.5 Å². The lowest BCUT2D eigenvalue weighted by Gasteiger charge is -2.31. The van der Waals surface area contributed by atoms with Crippen LogP contribution < -0.4 is 5.73 Å². The molecule has 0 atom stereocenters. The Hall–Kier alpha value is -1.39. The zero-order chi connectivity index (χ0) is 13.1. The number of nitrogens with one attached hydrogen (secondary N) is 1. The van der Waals surface area contributed by atoms with E-state index in [1.807, 2.05) is 12.1 Å². The van der Waals surface area contributed by atoms with Crippen molar-refractivity contribution < 1.29 is 0 Å². The van der Waals surface area contributed by atoms with Crippen molar-refractivity contribution in [3.8, 4) is 0 Å². The molecule has 1 aliphatic rings. The highest BCUT2D eigenvalue weighted by Gasteiger charge is 2.19. The predicted octanol–water partition coefficient (Wildman–Crippen LogP) is 2.12. The van der Waals surface area contributed by atoms with E-state index in [0.29, 0.717) is 0 Å². The summed E-state index contributed by atoms with van der Waals surface area (Å²) in [6.45, 7) is 4.10. The predicted molar refractivity (Wildman–Crippen MR) is 77.8 cm³/mol. The number of benzene rings is 1. The molecule has 0 aliphatic carbocycles. The van der Waals surface area contributed by atoms with Crippen LogP contribution in [0.3, 0.4) is 0 Å². The fourth-order valence-corrected chi connectivity index (χ4v) is 2.96. The van der Waals surface area contributed by atoms with Crippen LogP contribution in [0.1, 0.15) is 25.1 Å². The van der Waals surface area contributed by atoms with Crippen molar-refractivity contribution in [3.63, 3.8) is 0 Å². The van der Waals surface area contributed by atoms with Gasteiger partial charge < -0.3 is 10.7 Å². The summed E-state index contributed by atoms with van der Waals surface area (Å²) in [6.07, 6.45) is 3.73. The van der Waals surface area contributed by atoms with Gasteiger partial charge in [-0.2, -0.15) is 0 Å². The number of rotatable bonds is 4. The van der Waals surface area contributed by atoms with Crippen LogP contribution in [0.2, 0.25) is 0 Å². The first-order valence-electron chi connectivity index (χ1n) is 7.21. The highest BCUT2D eigenvalue weighted by atomic mass is 15.2. The van der Waals surface area contributed by atoms with Gasteiger partial charge in [-0.3, -0.25) is 4.90 Å². The number of aromatic amines is 1. The van der Waals surface area contributed by atoms with Crippen molar-refractivity contribution in [1.82, 2.24) is 14.9 Å². The van der Waals surface area contributed by atoms with Crippen molar-refractivity contribution in [2.75, 3.05) is 19.6 Å². The molecule has 3 N–H and O–H groups in total. The van der Waals surface area contributed by atoms with Crippen LogP contribution in [0.4, 0.5) is 0 Å². The maximum Gasteiger partial charge on any atom is 0.121 e. The molecule has 19 heavy (non-hydrogen) atoms. The number of hydrogen-bond acceptors (Lipinski definition) is 3. The van der Waals surface area contributed by atoms with Crippen LogP contribution >= 0.6 is 0 Å². The van der Waals surface area contributed by atoms with E-state index in [1.54, 1.807) is 0 Å². The summed E-state index contributed by atoms with van der Waals surface area (Å²) in [5, 5.41) is 0. The van der Waals surface area contributed by atoms with Gasteiger partial charge in [0.05, 0.1) is 17.6 Å². The smallest absolute Gasteiger partial charge is 0.121 e. The first-order chi connectivity index (χ1) is 9.35. The second kappa shape index (κ2) is 5.72. The number of piperidine rings is 1. The first kappa shape index (κ1) is 12.6. The maximum atomic E-state index is 5.63. The standard InChI is InChI=1S/C15H22N4/c16-8-5-12-6-9-19(10-7-12)11-15-17-13-3-1-2-4-14(13)18-15/h1-4,12H,5-11,16H2,(H,17,18). The fraction of sp³-hybridized carbons (Fsp3) is 0.533. The van der Waals surface area contributed by atoms with Gasteiger partial charge in [0.15, 0.2) is 0 Å². The molecule has 1 aromatic carbocycles. The van der Waals surface area contributed by atoms with Gasteiger partial charge in [0, 0.05) is 0 Å². The summed E-state index contributed by atoms with van der Waals surface area (Å²) >= 11 is 0. The summed E-state index contributed by atoms with van der Waals surface area (Å²) in [5.41, 5.74) is 7.83. The summed E-state index contributed by atoms with van der Waals surface area (Å²) in [7, 11) is 0. The van der Waals surface area contributed by atoms with Crippen LogP contribution in [-0.2, 0) is 6.54 Å². The topological polar surface area (TPSA) is 57.9 Å². The number of likely N-dealkylation sites (tertiary alicyclic amines) is 1. The molecule has 4 heteroatoms. The van der Waals surface area contributed by atoms with Gasteiger partial charge in [0.1, 0.15) is 5.82 Å². The second-order valence-corrected chi connectivity index (χ2v) is 5.50. The minimum atomic E-state index is 0.828. The summed E-state index contributed by atoms with van der Waals surface area (Å²) in [6, 6.07) is 8.22. The van der Waals surface area contributed by atoms with E-state index in [-0.39, 0.29) is 0 Å². The van der Waals surface area contributed by atoms with Crippen molar-refractivity contribution in [2.45, 2.75) is 25.8 Å². The van der Waals surface area contributed by atoms with E-state index in [2.05, 4.69) is 27.0 Å². The van der Waals surface area contributed by atoms with Crippen molar-refractivity contribution >= 4 is 11.0 Å². The Bertz CT molecular complexity index is 493. The Balaban J connectivity index is 1.60. The number of nitrogens with zero attached hydrogens (tertiary/aromatic N) is 2. The number of imidazole rings is 1. The quantitative estimate of drug-likeness (QED) is 0.883. The molecule has 2 aromatic rings. The van der Waals surface area contributed by atoms with Crippen LogP contribution in [0.15, 0.2) is 24.3 Å².